The molecule has 3 heteroatoms. The summed E-state index contributed by atoms with van der Waals surface area (Å²) in [5.74, 6) is 1.26. The van der Waals surface area contributed by atoms with Crippen molar-refractivity contribution in [2.24, 2.45) is 5.92 Å². The minimum Gasteiger partial charge on any atom is -0.481 e. The molecule has 0 saturated carbocycles. The third-order valence-corrected chi connectivity index (χ3v) is 3.70. The van der Waals surface area contributed by atoms with Gasteiger partial charge in [-0.2, -0.15) is 0 Å². The Morgan fingerprint density at radius 2 is 2.05 bits per heavy atom. The van der Waals surface area contributed by atoms with Gasteiger partial charge in [0.05, 0.1) is 0 Å². The van der Waals surface area contributed by atoms with Gasteiger partial charge < -0.3 is 10.1 Å². The lowest BCUT2D eigenvalue weighted by Gasteiger charge is -2.18. The summed E-state index contributed by atoms with van der Waals surface area (Å²) in [6.45, 7) is 6.85. The average Bonchev–Trinajstić information content (AvgIpc) is 2.89. The molecule has 0 aromatic heterocycles. The number of hydrogen-bond acceptors (Lipinski definition) is 2. The summed E-state index contributed by atoms with van der Waals surface area (Å²) < 4.78 is 5.87. The summed E-state index contributed by atoms with van der Waals surface area (Å²) in [6.07, 6.45) is 3.81. The number of carbonyl (C=O) groups is 1. The van der Waals surface area contributed by atoms with Gasteiger partial charge >= 0.3 is 0 Å². The van der Waals surface area contributed by atoms with Crippen molar-refractivity contribution in [3.05, 3.63) is 29.3 Å². The lowest BCUT2D eigenvalue weighted by molar-refractivity contribution is -0.128. The van der Waals surface area contributed by atoms with Gasteiger partial charge in [0.15, 0.2) is 6.10 Å². The van der Waals surface area contributed by atoms with Crippen molar-refractivity contribution in [3.63, 3.8) is 0 Å². The fraction of sp³-hybridized carbons (Fsp3) is 0.588. The minimum atomic E-state index is -0.395. The molecule has 1 aromatic carbocycles. The van der Waals surface area contributed by atoms with Gasteiger partial charge in [0, 0.05) is 6.54 Å². The van der Waals surface area contributed by atoms with Crippen LogP contribution in [0.25, 0.3) is 0 Å². The van der Waals surface area contributed by atoms with Crippen LogP contribution < -0.4 is 10.1 Å². The molecule has 1 aliphatic rings. The third-order valence-electron chi connectivity index (χ3n) is 3.70. The molecule has 0 aliphatic heterocycles. The summed E-state index contributed by atoms with van der Waals surface area (Å²) in [6, 6.07) is 6.22. The summed E-state index contributed by atoms with van der Waals surface area (Å²) in [5, 5.41) is 2.94. The van der Waals surface area contributed by atoms with Crippen molar-refractivity contribution < 1.29 is 9.53 Å². The molecule has 110 valence electrons. The van der Waals surface area contributed by atoms with E-state index in [9.17, 15) is 4.79 Å². The molecule has 1 amide bonds. The van der Waals surface area contributed by atoms with E-state index in [4.69, 9.17) is 4.74 Å². The van der Waals surface area contributed by atoms with Crippen LogP contribution in [0, 0.1) is 5.92 Å². The molecule has 3 nitrogen and oxygen atoms in total. The highest BCUT2D eigenvalue weighted by Gasteiger charge is 2.19. The van der Waals surface area contributed by atoms with Gasteiger partial charge in [0.2, 0.25) is 0 Å². The number of aryl methyl sites for hydroxylation is 2. The Morgan fingerprint density at radius 1 is 1.30 bits per heavy atom. The smallest absolute Gasteiger partial charge is 0.261 e. The first-order valence-electron chi connectivity index (χ1n) is 7.66. The molecular formula is C17H25NO2. The van der Waals surface area contributed by atoms with E-state index in [0.717, 1.165) is 12.2 Å². The lowest BCUT2D eigenvalue weighted by Crippen LogP contribution is -2.39. The van der Waals surface area contributed by atoms with E-state index in [2.05, 4.69) is 31.3 Å². The number of ether oxygens (including phenoxy) is 1. The number of hydrogen-bond donors (Lipinski definition) is 1. The average molecular weight is 275 g/mol. The summed E-state index contributed by atoms with van der Waals surface area (Å²) >= 11 is 0. The molecule has 0 fully saturated rings. The van der Waals surface area contributed by atoms with E-state index < -0.39 is 6.10 Å². The van der Waals surface area contributed by atoms with Gasteiger partial charge in [-0.25, -0.2) is 0 Å². The Balaban J connectivity index is 1.97. The van der Waals surface area contributed by atoms with Gasteiger partial charge in [0.1, 0.15) is 5.75 Å². The summed E-state index contributed by atoms with van der Waals surface area (Å²) in [7, 11) is 0. The van der Waals surface area contributed by atoms with Crippen molar-refractivity contribution in [1.82, 2.24) is 5.32 Å². The predicted octanol–water partition coefficient (Wildman–Crippen LogP) is 3.10. The second-order valence-electron chi connectivity index (χ2n) is 5.94. The Morgan fingerprint density at radius 3 is 2.75 bits per heavy atom. The minimum absolute atomic E-state index is 0.0123. The van der Waals surface area contributed by atoms with E-state index in [1.54, 1.807) is 0 Å². The van der Waals surface area contributed by atoms with Gasteiger partial charge in [-0.05, 0) is 54.9 Å². The molecule has 1 N–H and O–H groups in total. The summed E-state index contributed by atoms with van der Waals surface area (Å²) in [4.78, 5) is 12.1. The van der Waals surface area contributed by atoms with E-state index >= 15 is 0 Å². The van der Waals surface area contributed by atoms with Crippen LogP contribution in [-0.4, -0.2) is 18.6 Å². The molecule has 0 radical (unpaired) electrons. The Bertz CT molecular complexity index is 468. The van der Waals surface area contributed by atoms with Crippen molar-refractivity contribution in [1.29, 1.82) is 0 Å². The van der Waals surface area contributed by atoms with E-state index in [1.165, 1.54) is 24.0 Å². The van der Waals surface area contributed by atoms with Gasteiger partial charge in [-0.15, -0.1) is 0 Å². The second kappa shape index (κ2) is 6.78. The van der Waals surface area contributed by atoms with Crippen LogP contribution in [0.5, 0.6) is 5.75 Å². The zero-order chi connectivity index (χ0) is 14.5. The molecule has 1 aliphatic carbocycles. The molecular weight excluding hydrogens is 250 g/mol. The largest absolute Gasteiger partial charge is 0.481 e. The summed E-state index contributed by atoms with van der Waals surface area (Å²) in [5.41, 5.74) is 2.80. The number of nitrogens with one attached hydrogen (secondary N) is 1. The normalized spacial score (nSPS) is 15.0. The number of rotatable bonds is 6. The third kappa shape index (κ3) is 3.75. The monoisotopic (exact) mass is 275 g/mol. The second-order valence-corrected chi connectivity index (χ2v) is 5.94. The Kier molecular flexibility index (Phi) is 5.05. The molecule has 20 heavy (non-hydrogen) atoms. The van der Waals surface area contributed by atoms with Crippen LogP contribution in [-0.2, 0) is 17.6 Å². The quantitative estimate of drug-likeness (QED) is 0.866. The Hall–Kier alpha value is -1.51. The first-order valence-corrected chi connectivity index (χ1v) is 7.66. The van der Waals surface area contributed by atoms with Crippen LogP contribution in [0.4, 0.5) is 0 Å². The highest BCUT2D eigenvalue weighted by Crippen LogP contribution is 2.26. The van der Waals surface area contributed by atoms with Gasteiger partial charge in [-0.1, -0.05) is 26.8 Å². The lowest BCUT2D eigenvalue weighted by atomic mass is 10.1. The zero-order valence-corrected chi connectivity index (χ0v) is 12.7. The predicted molar refractivity (Wildman–Crippen MR) is 81.0 cm³/mol. The number of carbonyl (C=O) groups excluding carboxylic acids is 1. The molecule has 0 spiro atoms. The maximum atomic E-state index is 12.1. The zero-order valence-electron chi connectivity index (χ0n) is 12.7. The fourth-order valence-corrected chi connectivity index (χ4v) is 2.53. The molecule has 1 aromatic rings. The molecule has 0 bridgehead atoms. The molecule has 2 rings (SSSR count). The topological polar surface area (TPSA) is 38.3 Å². The number of amides is 1. The number of benzene rings is 1. The van der Waals surface area contributed by atoms with Crippen LogP contribution in [0.1, 0.15) is 44.7 Å². The van der Waals surface area contributed by atoms with Gasteiger partial charge in [-0.3, -0.25) is 4.79 Å². The van der Waals surface area contributed by atoms with Crippen LogP contribution >= 0.6 is 0 Å². The highest BCUT2D eigenvalue weighted by molar-refractivity contribution is 5.81. The van der Waals surface area contributed by atoms with E-state index in [1.807, 2.05) is 13.0 Å². The van der Waals surface area contributed by atoms with Gasteiger partial charge in [0.25, 0.3) is 5.91 Å². The van der Waals surface area contributed by atoms with Crippen molar-refractivity contribution in [2.75, 3.05) is 6.54 Å². The molecule has 0 saturated heterocycles. The highest BCUT2D eigenvalue weighted by atomic mass is 16.5. The van der Waals surface area contributed by atoms with Crippen LogP contribution in [0.2, 0.25) is 0 Å². The van der Waals surface area contributed by atoms with Crippen LogP contribution in [0.15, 0.2) is 18.2 Å². The standard InChI is InChI=1S/C17H25NO2/c1-4-16(17(19)18-11-12(2)3)20-15-9-8-13-6-5-7-14(13)10-15/h8-10,12,16H,4-7,11H2,1-3H3,(H,18,19)/t16-/m0/s1. The SMILES string of the molecule is CC[C@H](Oc1ccc2c(c1)CCC2)C(=O)NCC(C)C. The maximum absolute atomic E-state index is 12.1. The van der Waals surface area contributed by atoms with Crippen molar-refractivity contribution in [2.45, 2.75) is 52.6 Å². The fourth-order valence-electron chi connectivity index (χ4n) is 2.53. The van der Waals surface area contributed by atoms with E-state index in [-0.39, 0.29) is 5.91 Å². The van der Waals surface area contributed by atoms with Crippen molar-refractivity contribution >= 4 is 5.91 Å². The first-order chi connectivity index (χ1) is 9.60. The molecule has 0 heterocycles. The van der Waals surface area contributed by atoms with Crippen LogP contribution in [0.3, 0.4) is 0 Å². The number of fused-ring (bicyclic) bond motifs is 1. The maximum Gasteiger partial charge on any atom is 0.261 e. The molecule has 1 atom stereocenters. The Labute approximate surface area is 121 Å². The first kappa shape index (κ1) is 14.9. The van der Waals surface area contributed by atoms with Crippen molar-refractivity contribution in [3.8, 4) is 5.75 Å². The molecule has 0 unspecified atom stereocenters. The van der Waals surface area contributed by atoms with E-state index in [0.29, 0.717) is 18.9 Å².